The molecule has 1 aromatic rings. The minimum atomic E-state index is -1.04. The van der Waals surface area contributed by atoms with E-state index in [1.165, 1.54) is 9.80 Å². The summed E-state index contributed by atoms with van der Waals surface area (Å²) in [5.41, 5.74) is -0.282. The Kier molecular flexibility index (Phi) is 6.01. The van der Waals surface area contributed by atoms with Crippen LogP contribution in [0.5, 0.6) is 5.75 Å². The van der Waals surface area contributed by atoms with Crippen molar-refractivity contribution in [1.82, 2.24) is 10.2 Å². The van der Waals surface area contributed by atoms with Crippen LogP contribution in [0.1, 0.15) is 32.8 Å². The molecule has 2 aliphatic heterocycles. The third kappa shape index (κ3) is 4.42. The summed E-state index contributed by atoms with van der Waals surface area (Å²) >= 11 is 0. The summed E-state index contributed by atoms with van der Waals surface area (Å²) in [6.45, 7) is 10.0. The maximum atomic E-state index is 13.0. The molecule has 0 aliphatic carbocycles. The molecule has 2 saturated heterocycles. The Labute approximate surface area is 160 Å². The second-order valence-electron chi connectivity index (χ2n) is 7.86. The molecule has 1 atom stereocenters. The second-order valence-corrected chi connectivity index (χ2v) is 7.86. The van der Waals surface area contributed by atoms with E-state index in [0.717, 1.165) is 30.8 Å². The normalized spacial score (nSPS) is 23.8. The standard InChI is InChI=1S/C20H29N3O4/c1-15(2)8-11-27-17-6-4-16(5-7-17)20(3)18(24)23(19(25)21-20)14-22-9-12-26-13-10-22/h4-7,15H,8-14H2,1-3H3,(H,21,25)/p+1/t20-/m1/s1. The van der Waals surface area contributed by atoms with E-state index in [2.05, 4.69) is 19.2 Å². The number of imide groups is 1. The highest BCUT2D eigenvalue weighted by Gasteiger charge is 2.50. The average molecular weight is 376 g/mol. The van der Waals surface area contributed by atoms with Crippen molar-refractivity contribution in [2.24, 2.45) is 5.92 Å². The number of urea groups is 1. The molecule has 2 fully saturated rings. The van der Waals surface area contributed by atoms with Crippen molar-refractivity contribution < 1.29 is 24.0 Å². The minimum absolute atomic E-state index is 0.208. The second kappa shape index (κ2) is 8.27. The highest BCUT2D eigenvalue weighted by molar-refractivity contribution is 6.07. The molecule has 3 rings (SSSR count). The number of carbonyl (C=O) groups excluding carboxylic acids is 2. The van der Waals surface area contributed by atoms with Crippen LogP contribution in [0.25, 0.3) is 0 Å². The van der Waals surface area contributed by atoms with Crippen LogP contribution in [-0.4, -0.2) is 56.4 Å². The van der Waals surface area contributed by atoms with Crippen molar-refractivity contribution in [1.29, 1.82) is 0 Å². The molecule has 7 nitrogen and oxygen atoms in total. The van der Waals surface area contributed by atoms with Gasteiger partial charge < -0.3 is 19.7 Å². The van der Waals surface area contributed by atoms with Crippen LogP contribution in [0, 0.1) is 5.92 Å². The van der Waals surface area contributed by atoms with E-state index in [9.17, 15) is 9.59 Å². The van der Waals surface area contributed by atoms with Gasteiger partial charge in [0, 0.05) is 0 Å². The number of benzene rings is 1. The number of ether oxygens (including phenoxy) is 2. The molecule has 27 heavy (non-hydrogen) atoms. The third-order valence-corrected chi connectivity index (χ3v) is 5.25. The molecule has 7 heteroatoms. The summed E-state index contributed by atoms with van der Waals surface area (Å²) in [4.78, 5) is 28.0. The first kappa shape index (κ1) is 19.6. The van der Waals surface area contributed by atoms with E-state index in [-0.39, 0.29) is 11.9 Å². The van der Waals surface area contributed by atoms with Crippen LogP contribution >= 0.6 is 0 Å². The highest BCUT2D eigenvalue weighted by atomic mass is 16.5. The van der Waals surface area contributed by atoms with Crippen molar-refractivity contribution >= 4 is 11.9 Å². The van der Waals surface area contributed by atoms with Crippen LogP contribution in [0.4, 0.5) is 4.79 Å². The van der Waals surface area contributed by atoms with Gasteiger partial charge in [0.25, 0.3) is 5.91 Å². The van der Waals surface area contributed by atoms with Gasteiger partial charge in [-0.25, -0.2) is 9.69 Å². The number of nitrogens with one attached hydrogen (secondary N) is 2. The topological polar surface area (TPSA) is 72.3 Å². The van der Waals surface area contributed by atoms with Crippen LogP contribution in [-0.2, 0) is 15.1 Å². The van der Waals surface area contributed by atoms with Gasteiger partial charge in [-0.3, -0.25) is 4.79 Å². The van der Waals surface area contributed by atoms with Crippen molar-refractivity contribution in [2.45, 2.75) is 32.7 Å². The zero-order chi connectivity index (χ0) is 19.4. The van der Waals surface area contributed by atoms with Crippen LogP contribution in [0.3, 0.4) is 0 Å². The lowest BCUT2D eigenvalue weighted by Crippen LogP contribution is -3.15. The van der Waals surface area contributed by atoms with E-state index < -0.39 is 5.54 Å². The molecule has 2 heterocycles. The molecule has 0 spiro atoms. The predicted octanol–water partition coefficient (Wildman–Crippen LogP) is 0.751. The number of morpholine rings is 1. The summed E-state index contributed by atoms with van der Waals surface area (Å²) in [5, 5.41) is 2.87. The molecule has 1 aromatic carbocycles. The van der Waals surface area contributed by atoms with Gasteiger partial charge in [-0.1, -0.05) is 26.0 Å². The van der Waals surface area contributed by atoms with Gasteiger partial charge in [0.05, 0.1) is 19.8 Å². The molecular weight excluding hydrogens is 346 g/mol. The van der Waals surface area contributed by atoms with E-state index in [1.54, 1.807) is 6.92 Å². The molecule has 0 bridgehead atoms. The first-order valence-corrected chi connectivity index (χ1v) is 9.69. The first-order chi connectivity index (χ1) is 12.9. The smallest absolute Gasteiger partial charge is 0.329 e. The lowest BCUT2D eigenvalue weighted by atomic mass is 9.92. The van der Waals surface area contributed by atoms with Gasteiger partial charge in [-0.05, 0) is 37.0 Å². The van der Waals surface area contributed by atoms with Gasteiger partial charge in [0.1, 0.15) is 24.4 Å². The maximum Gasteiger partial charge on any atom is 0.329 e. The molecule has 2 aliphatic rings. The molecule has 148 valence electrons. The van der Waals surface area contributed by atoms with Crippen molar-refractivity contribution in [3.05, 3.63) is 29.8 Å². The van der Waals surface area contributed by atoms with Gasteiger partial charge in [-0.2, -0.15) is 0 Å². The molecule has 0 saturated carbocycles. The molecule has 0 unspecified atom stereocenters. The average Bonchev–Trinajstić information content (AvgIpc) is 2.87. The largest absolute Gasteiger partial charge is 0.494 e. The number of amides is 3. The lowest BCUT2D eigenvalue weighted by Gasteiger charge is -2.27. The Morgan fingerprint density at radius 3 is 2.52 bits per heavy atom. The SMILES string of the molecule is CC(C)CCOc1ccc([C@@]2(C)NC(=O)N(C[NH+]3CCOCC3)C2=O)cc1. The number of carbonyl (C=O) groups is 2. The number of quaternary nitrogens is 1. The van der Waals surface area contributed by atoms with E-state index in [1.807, 2.05) is 24.3 Å². The van der Waals surface area contributed by atoms with Gasteiger partial charge in [0.2, 0.25) is 0 Å². The molecular formula is C20H30N3O4+. The number of hydrogen-bond acceptors (Lipinski definition) is 4. The highest BCUT2D eigenvalue weighted by Crippen LogP contribution is 2.29. The monoisotopic (exact) mass is 376 g/mol. The summed E-state index contributed by atoms with van der Waals surface area (Å²) in [6.07, 6.45) is 0.993. The fourth-order valence-corrected chi connectivity index (χ4v) is 3.37. The van der Waals surface area contributed by atoms with Gasteiger partial charge in [0.15, 0.2) is 6.67 Å². The third-order valence-electron chi connectivity index (χ3n) is 5.25. The summed E-state index contributed by atoms with van der Waals surface area (Å²) in [7, 11) is 0. The minimum Gasteiger partial charge on any atom is -0.494 e. The Hall–Kier alpha value is -2.12. The van der Waals surface area contributed by atoms with E-state index in [0.29, 0.717) is 32.4 Å². The first-order valence-electron chi connectivity index (χ1n) is 9.69. The Morgan fingerprint density at radius 1 is 1.22 bits per heavy atom. The van der Waals surface area contributed by atoms with Crippen LogP contribution < -0.4 is 15.0 Å². The van der Waals surface area contributed by atoms with Crippen molar-refractivity contribution in [2.75, 3.05) is 39.6 Å². The Balaban J connectivity index is 1.66. The number of nitrogens with zero attached hydrogens (tertiary/aromatic N) is 1. The fourth-order valence-electron chi connectivity index (χ4n) is 3.37. The van der Waals surface area contributed by atoms with E-state index in [4.69, 9.17) is 9.47 Å². The lowest BCUT2D eigenvalue weighted by molar-refractivity contribution is -0.915. The predicted molar refractivity (Wildman–Crippen MR) is 101 cm³/mol. The van der Waals surface area contributed by atoms with Crippen LogP contribution in [0.2, 0.25) is 0 Å². The quantitative estimate of drug-likeness (QED) is 0.689. The Morgan fingerprint density at radius 2 is 1.89 bits per heavy atom. The Bertz CT molecular complexity index is 670. The number of rotatable bonds is 7. The zero-order valence-electron chi connectivity index (χ0n) is 16.4. The summed E-state index contributed by atoms with van der Waals surface area (Å²) in [5.74, 6) is 1.16. The molecule has 3 amide bonds. The maximum absolute atomic E-state index is 13.0. The van der Waals surface area contributed by atoms with Crippen molar-refractivity contribution in [3.63, 3.8) is 0 Å². The summed E-state index contributed by atoms with van der Waals surface area (Å²) in [6, 6.07) is 7.09. The fraction of sp³-hybridized carbons (Fsp3) is 0.600. The molecule has 0 radical (unpaired) electrons. The summed E-state index contributed by atoms with van der Waals surface area (Å²) < 4.78 is 11.1. The zero-order valence-corrected chi connectivity index (χ0v) is 16.4. The van der Waals surface area contributed by atoms with E-state index >= 15 is 0 Å². The number of hydrogen-bond donors (Lipinski definition) is 2. The molecule has 2 N–H and O–H groups in total. The van der Waals surface area contributed by atoms with Crippen LogP contribution in [0.15, 0.2) is 24.3 Å². The van der Waals surface area contributed by atoms with Gasteiger partial charge in [-0.15, -0.1) is 0 Å². The van der Waals surface area contributed by atoms with Crippen molar-refractivity contribution in [3.8, 4) is 5.75 Å². The molecule has 0 aromatic heterocycles. The van der Waals surface area contributed by atoms with Gasteiger partial charge >= 0.3 is 6.03 Å².